The lowest BCUT2D eigenvalue weighted by molar-refractivity contribution is 0.103. The number of fused-ring (bicyclic) bond motifs is 3. The molecular formula is C22H19N3O5S. The van der Waals surface area contributed by atoms with E-state index in [1.54, 1.807) is 38.5 Å². The maximum Gasteiger partial charge on any atom is 0.267 e. The van der Waals surface area contributed by atoms with Gasteiger partial charge in [-0.1, -0.05) is 0 Å². The molecule has 5 rings (SSSR count). The number of methoxy groups -OCH3 is 2. The maximum atomic E-state index is 12.9. The third-order valence-electron chi connectivity index (χ3n) is 5.02. The Hall–Kier alpha value is -3.72. The van der Waals surface area contributed by atoms with Gasteiger partial charge in [0.1, 0.15) is 22.9 Å². The highest BCUT2D eigenvalue weighted by atomic mass is 32.1. The summed E-state index contributed by atoms with van der Waals surface area (Å²) in [6, 6.07) is 10.8. The molecule has 3 heterocycles. The summed E-state index contributed by atoms with van der Waals surface area (Å²) in [5, 5.41) is 4.44. The number of nitrogens with two attached hydrogens (primary N) is 1. The summed E-state index contributed by atoms with van der Waals surface area (Å²) in [4.78, 5) is 18.7. The van der Waals surface area contributed by atoms with Crippen molar-refractivity contribution in [3.63, 3.8) is 0 Å². The molecule has 0 unspecified atom stereocenters. The van der Waals surface area contributed by atoms with Gasteiger partial charge in [-0.05, 0) is 24.3 Å². The molecule has 0 spiro atoms. The molecule has 1 amide bonds. The fraction of sp³-hybridized carbons (Fsp3) is 0.182. The zero-order chi connectivity index (χ0) is 21.5. The van der Waals surface area contributed by atoms with Gasteiger partial charge in [0.15, 0.2) is 23.0 Å². The molecule has 1 aliphatic heterocycles. The first-order chi connectivity index (χ1) is 15.1. The van der Waals surface area contributed by atoms with E-state index in [1.807, 2.05) is 12.1 Å². The molecule has 0 radical (unpaired) electrons. The molecule has 0 aliphatic carbocycles. The second-order valence-electron chi connectivity index (χ2n) is 6.90. The number of hydrogen-bond donors (Lipinski definition) is 2. The van der Waals surface area contributed by atoms with E-state index in [9.17, 15) is 4.79 Å². The van der Waals surface area contributed by atoms with E-state index in [2.05, 4.69) is 10.3 Å². The third-order valence-corrected chi connectivity index (χ3v) is 6.14. The monoisotopic (exact) mass is 437 g/mol. The van der Waals surface area contributed by atoms with E-state index < -0.39 is 0 Å². The number of aromatic nitrogens is 1. The van der Waals surface area contributed by atoms with Crippen LogP contribution in [0.2, 0.25) is 0 Å². The number of carbonyl (C=O) groups excluding carboxylic acids is 1. The van der Waals surface area contributed by atoms with Crippen LogP contribution in [0.4, 0.5) is 11.4 Å². The number of pyridine rings is 1. The third kappa shape index (κ3) is 3.32. The Morgan fingerprint density at radius 2 is 1.81 bits per heavy atom. The molecule has 158 valence electrons. The van der Waals surface area contributed by atoms with Crippen molar-refractivity contribution in [2.75, 3.05) is 38.5 Å². The molecule has 31 heavy (non-hydrogen) atoms. The molecule has 0 bridgehead atoms. The van der Waals surface area contributed by atoms with E-state index in [4.69, 9.17) is 24.7 Å². The molecule has 0 fully saturated rings. The van der Waals surface area contributed by atoms with Crippen LogP contribution in [0.3, 0.4) is 0 Å². The van der Waals surface area contributed by atoms with Crippen molar-refractivity contribution in [1.29, 1.82) is 0 Å². The smallest absolute Gasteiger partial charge is 0.267 e. The predicted octanol–water partition coefficient (Wildman–Crippen LogP) is 4.07. The summed E-state index contributed by atoms with van der Waals surface area (Å²) in [6.45, 7) is 0.985. The number of hydrogen-bond acceptors (Lipinski definition) is 8. The summed E-state index contributed by atoms with van der Waals surface area (Å²) in [5.41, 5.74) is 8.04. The highest BCUT2D eigenvalue weighted by Crippen LogP contribution is 2.38. The number of ether oxygens (including phenoxy) is 4. The molecule has 3 N–H and O–H groups in total. The van der Waals surface area contributed by atoms with Crippen molar-refractivity contribution in [2.45, 2.75) is 0 Å². The lowest BCUT2D eigenvalue weighted by Crippen LogP contribution is -2.16. The normalized spacial score (nSPS) is 12.7. The molecular weight excluding hydrogens is 418 g/mol. The van der Waals surface area contributed by atoms with E-state index in [-0.39, 0.29) is 5.91 Å². The Morgan fingerprint density at radius 3 is 2.58 bits per heavy atom. The molecule has 8 nitrogen and oxygen atoms in total. The minimum atomic E-state index is -0.309. The Bertz CT molecular complexity index is 1330. The topological polar surface area (TPSA) is 105 Å². The second-order valence-corrected chi connectivity index (χ2v) is 7.90. The molecule has 2 aromatic carbocycles. The van der Waals surface area contributed by atoms with Crippen LogP contribution < -0.4 is 30.0 Å². The van der Waals surface area contributed by atoms with Crippen molar-refractivity contribution >= 4 is 49.7 Å². The Kier molecular flexibility index (Phi) is 4.67. The van der Waals surface area contributed by atoms with Crippen LogP contribution >= 0.6 is 11.3 Å². The molecule has 0 saturated heterocycles. The highest BCUT2D eigenvalue weighted by molar-refractivity contribution is 7.21. The van der Waals surface area contributed by atoms with Crippen LogP contribution in [-0.2, 0) is 0 Å². The van der Waals surface area contributed by atoms with Gasteiger partial charge >= 0.3 is 0 Å². The van der Waals surface area contributed by atoms with Gasteiger partial charge in [0.05, 0.1) is 25.4 Å². The number of thiophene rings is 1. The summed E-state index contributed by atoms with van der Waals surface area (Å²) < 4.78 is 21.8. The van der Waals surface area contributed by atoms with Gasteiger partial charge in [0.2, 0.25) is 0 Å². The van der Waals surface area contributed by atoms with Crippen LogP contribution in [0.1, 0.15) is 9.67 Å². The van der Waals surface area contributed by atoms with Crippen molar-refractivity contribution < 1.29 is 23.7 Å². The van der Waals surface area contributed by atoms with E-state index >= 15 is 0 Å². The summed E-state index contributed by atoms with van der Waals surface area (Å²) in [6.07, 6.45) is 0. The molecule has 2 aromatic heterocycles. The zero-order valence-electron chi connectivity index (χ0n) is 16.9. The largest absolute Gasteiger partial charge is 0.493 e. The van der Waals surface area contributed by atoms with E-state index in [1.165, 1.54) is 11.3 Å². The SMILES string of the molecule is COc1cc2cc3c(N)c(C(=O)Nc4ccc5c(c4)OCCO5)sc3nc2cc1OC. The Morgan fingerprint density at radius 1 is 1.06 bits per heavy atom. The Balaban J connectivity index is 1.51. The first-order valence-corrected chi connectivity index (χ1v) is 10.3. The van der Waals surface area contributed by atoms with Crippen LogP contribution in [0, 0.1) is 0 Å². The van der Waals surface area contributed by atoms with Gasteiger partial charge in [-0.2, -0.15) is 0 Å². The molecule has 0 saturated carbocycles. The van der Waals surface area contributed by atoms with Crippen LogP contribution in [-0.4, -0.2) is 38.3 Å². The minimum Gasteiger partial charge on any atom is -0.493 e. The van der Waals surface area contributed by atoms with Crippen molar-refractivity contribution in [2.24, 2.45) is 0 Å². The van der Waals surface area contributed by atoms with E-state index in [0.717, 1.165) is 16.3 Å². The molecule has 0 atom stereocenters. The molecule has 9 heteroatoms. The van der Waals surface area contributed by atoms with Gasteiger partial charge < -0.3 is 30.0 Å². The second kappa shape index (κ2) is 7.51. The number of nitrogen functional groups attached to an aromatic ring is 1. The summed E-state index contributed by atoms with van der Waals surface area (Å²) in [5.74, 6) is 2.14. The number of benzene rings is 2. The highest BCUT2D eigenvalue weighted by Gasteiger charge is 2.20. The summed E-state index contributed by atoms with van der Waals surface area (Å²) in [7, 11) is 3.15. The number of anilines is 2. The van der Waals surface area contributed by atoms with Crippen molar-refractivity contribution in [3.8, 4) is 23.0 Å². The number of rotatable bonds is 4. The lowest BCUT2D eigenvalue weighted by Gasteiger charge is -2.18. The fourth-order valence-electron chi connectivity index (χ4n) is 3.51. The van der Waals surface area contributed by atoms with Crippen molar-refractivity contribution in [3.05, 3.63) is 41.3 Å². The first-order valence-electron chi connectivity index (χ1n) is 9.53. The number of nitrogens with zero attached hydrogens (tertiary/aromatic N) is 1. The van der Waals surface area contributed by atoms with E-state index in [0.29, 0.717) is 57.3 Å². The zero-order valence-corrected chi connectivity index (χ0v) is 17.7. The minimum absolute atomic E-state index is 0.309. The standard InChI is InChI=1S/C22H19N3O5S/c1-27-16-8-11-7-13-19(23)20(31-22(13)25-14(11)10-17(16)28-2)21(26)24-12-3-4-15-18(9-12)30-6-5-29-15/h3-4,7-10H,5-6,23H2,1-2H3,(H,24,26). The maximum absolute atomic E-state index is 12.9. The first kappa shape index (κ1) is 19.3. The average molecular weight is 437 g/mol. The number of nitrogens with one attached hydrogen (secondary N) is 1. The van der Waals surface area contributed by atoms with Crippen molar-refractivity contribution in [1.82, 2.24) is 4.98 Å². The molecule has 1 aliphatic rings. The Labute approximate surface area is 181 Å². The van der Waals surface area contributed by atoms with Crippen LogP contribution in [0.5, 0.6) is 23.0 Å². The lowest BCUT2D eigenvalue weighted by atomic mass is 10.1. The summed E-state index contributed by atoms with van der Waals surface area (Å²) >= 11 is 1.24. The van der Waals surface area contributed by atoms with Gasteiger partial charge in [-0.25, -0.2) is 4.98 Å². The van der Waals surface area contributed by atoms with Gasteiger partial charge in [-0.3, -0.25) is 4.79 Å². The predicted molar refractivity (Wildman–Crippen MR) is 120 cm³/mol. The fourth-order valence-corrected chi connectivity index (χ4v) is 4.49. The van der Waals surface area contributed by atoms with Gasteiger partial charge in [-0.15, -0.1) is 11.3 Å². The average Bonchev–Trinajstić information content (AvgIpc) is 3.12. The van der Waals surface area contributed by atoms with Crippen LogP contribution in [0.15, 0.2) is 36.4 Å². The van der Waals surface area contributed by atoms with Gasteiger partial charge in [0.25, 0.3) is 5.91 Å². The van der Waals surface area contributed by atoms with Gasteiger partial charge in [0, 0.05) is 28.6 Å². The quantitative estimate of drug-likeness (QED) is 0.496. The number of amides is 1. The molecule has 4 aromatic rings. The number of carbonyl (C=O) groups is 1. The van der Waals surface area contributed by atoms with Crippen LogP contribution in [0.25, 0.3) is 21.1 Å².